The zero-order valence-electron chi connectivity index (χ0n) is 15.1. The second-order valence-corrected chi connectivity index (χ2v) is 6.02. The Kier molecular flexibility index (Phi) is 5.84. The molecule has 1 aromatic heterocycles. The molecular weight excluding hydrogens is 338 g/mol. The molecule has 0 spiro atoms. The Morgan fingerprint density at radius 2 is 1.96 bits per heavy atom. The van der Waals surface area contributed by atoms with E-state index < -0.39 is 0 Å². The largest absolute Gasteiger partial charge is 0.465 e. The van der Waals surface area contributed by atoms with Crippen LogP contribution >= 0.6 is 0 Å². The summed E-state index contributed by atoms with van der Waals surface area (Å²) in [6.45, 7) is 5.79. The lowest BCUT2D eigenvalue weighted by molar-refractivity contribution is -0.120. The van der Waals surface area contributed by atoms with Crippen molar-refractivity contribution in [1.29, 1.82) is 0 Å². The molecule has 0 aliphatic carbocycles. The topological polar surface area (TPSA) is 66.6 Å². The minimum absolute atomic E-state index is 0.0792. The summed E-state index contributed by atoms with van der Waals surface area (Å²) >= 11 is 0. The van der Waals surface area contributed by atoms with Gasteiger partial charge in [-0.2, -0.15) is 5.10 Å². The Morgan fingerprint density at radius 3 is 2.74 bits per heavy atom. The van der Waals surface area contributed by atoms with E-state index in [4.69, 9.17) is 4.42 Å². The Hall–Kier alpha value is -3.60. The highest BCUT2D eigenvalue weighted by Crippen LogP contribution is 2.16. The quantitative estimate of drug-likeness (QED) is 0.379. The van der Waals surface area contributed by atoms with E-state index in [1.54, 1.807) is 24.5 Å². The summed E-state index contributed by atoms with van der Waals surface area (Å²) in [7, 11) is 0. The van der Waals surface area contributed by atoms with E-state index in [0.29, 0.717) is 5.70 Å². The third kappa shape index (κ3) is 5.19. The van der Waals surface area contributed by atoms with Crippen LogP contribution in [0.15, 0.2) is 88.7 Å². The number of allylic oxidation sites excluding steroid dienone is 1. The lowest BCUT2D eigenvalue weighted by Crippen LogP contribution is -2.30. The maximum Gasteiger partial charge on any atom is 0.259 e. The van der Waals surface area contributed by atoms with Crippen LogP contribution in [0.4, 0.5) is 0 Å². The minimum atomic E-state index is -0.248. The summed E-state index contributed by atoms with van der Waals surface area (Å²) in [5.74, 6) is 0.473. The fraction of sp³-hybridized carbons (Fsp3) is 0.0909. The van der Waals surface area contributed by atoms with Gasteiger partial charge in [0, 0.05) is 5.70 Å². The Morgan fingerprint density at radius 1 is 1.15 bits per heavy atom. The Balaban J connectivity index is 1.51. The van der Waals surface area contributed by atoms with Crippen LogP contribution < -0.4 is 10.7 Å². The number of carbonyl (C=O) groups excluding carboxylic acids is 1. The van der Waals surface area contributed by atoms with Crippen molar-refractivity contribution in [2.45, 2.75) is 6.92 Å². The van der Waals surface area contributed by atoms with Gasteiger partial charge in [-0.05, 0) is 53.6 Å². The van der Waals surface area contributed by atoms with E-state index in [9.17, 15) is 4.79 Å². The first-order chi connectivity index (χ1) is 13.1. The van der Waals surface area contributed by atoms with Crippen molar-refractivity contribution < 1.29 is 9.21 Å². The van der Waals surface area contributed by atoms with Gasteiger partial charge in [-0.25, -0.2) is 5.43 Å². The van der Waals surface area contributed by atoms with Gasteiger partial charge in [0.1, 0.15) is 5.76 Å². The summed E-state index contributed by atoms with van der Waals surface area (Å²) in [5.41, 5.74) is 4.87. The number of fused-ring (bicyclic) bond motifs is 1. The van der Waals surface area contributed by atoms with Gasteiger partial charge in [0.15, 0.2) is 0 Å². The molecule has 0 radical (unpaired) electrons. The highest BCUT2D eigenvalue weighted by molar-refractivity contribution is 6.02. The van der Waals surface area contributed by atoms with Crippen molar-refractivity contribution in [3.05, 3.63) is 90.5 Å². The lowest BCUT2D eigenvalue weighted by Gasteiger charge is -2.06. The van der Waals surface area contributed by atoms with Crippen molar-refractivity contribution in [3.8, 4) is 0 Å². The molecule has 0 aliphatic heterocycles. The Labute approximate surface area is 158 Å². The van der Waals surface area contributed by atoms with Gasteiger partial charge in [-0.15, -0.1) is 0 Å². The number of hydrogen-bond acceptors (Lipinski definition) is 4. The summed E-state index contributed by atoms with van der Waals surface area (Å²) in [6, 6.07) is 17.9. The molecule has 0 bridgehead atoms. The molecular formula is C22H21N3O2. The third-order valence-electron chi connectivity index (χ3n) is 3.98. The Bertz CT molecular complexity index is 1000. The predicted molar refractivity (Wildman–Crippen MR) is 109 cm³/mol. The molecule has 0 aliphatic rings. The first-order valence-electron chi connectivity index (χ1n) is 8.58. The van der Waals surface area contributed by atoms with Crippen LogP contribution in [-0.4, -0.2) is 18.2 Å². The first-order valence-corrected chi connectivity index (χ1v) is 8.58. The second kappa shape index (κ2) is 8.67. The van der Waals surface area contributed by atoms with Crippen LogP contribution in [0, 0.1) is 0 Å². The SMILES string of the molecule is C=C(/C=C/c1ccco1)NCC(=O)N/N=C(\C)c1ccc2ccccc2c1. The number of hydrazone groups is 1. The normalized spacial score (nSPS) is 11.7. The van der Waals surface area contributed by atoms with Crippen molar-refractivity contribution in [3.63, 3.8) is 0 Å². The van der Waals surface area contributed by atoms with Crippen LogP contribution in [0.3, 0.4) is 0 Å². The average Bonchev–Trinajstić information content (AvgIpc) is 3.22. The van der Waals surface area contributed by atoms with Crippen LogP contribution in [-0.2, 0) is 4.79 Å². The number of rotatable bonds is 7. The second-order valence-electron chi connectivity index (χ2n) is 6.02. The van der Waals surface area contributed by atoms with Crippen LogP contribution in [0.25, 0.3) is 16.8 Å². The van der Waals surface area contributed by atoms with E-state index >= 15 is 0 Å². The number of furan rings is 1. The number of nitrogens with one attached hydrogen (secondary N) is 2. The number of hydrogen-bond donors (Lipinski definition) is 2. The van der Waals surface area contributed by atoms with Crippen LogP contribution in [0.1, 0.15) is 18.2 Å². The fourth-order valence-corrected chi connectivity index (χ4v) is 2.49. The van der Waals surface area contributed by atoms with Gasteiger partial charge < -0.3 is 9.73 Å². The molecule has 5 nitrogen and oxygen atoms in total. The molecule has 3 rings (SSSR count). The minimum Gasteiger partial charge on any atom is -0.465 e. The molecule has 27 heavy (non-hydrogen) atoms. The lowest BCUT2D eigenvalue weighted by atomic mass is 10.0. The maximum atomic E-state index is 12.0. The zero-order chi connectivity index (χ0) is 19.1. The summed E-state index contributed by atoms with van der Waals surface area (Å²) < 4.78 is 5.19. The molecule has 3 aromatic rings. The molecule has 1 amide bonds. The standard InChI is InChI=1S/C22H21N3O2/c1-16(9-12-21-8-5-13-27-21)23-15-22(26)25-24-17(2)19-11-10-18-6-3-4-7-20(18)14-19/h3-14,23H,1,15H2,2H3,(H,25,26)/b12-9+,24-17+. The highest BCUT2D eigenvalue weighted by Gasteiger charge is 2.03. The maximum absolute atomic E-state index is 12.0. The molecule has 2 N–H and O–H groups in total. The van der Waals surface area contributed by atoms with Crippen molar-refractivity contribution in [1.82, 2.24) is 10.7 Å². The van der Waals surface area contributed by atoms with E-state index in [2.05, 4.69) is 40.6 Å². The van der Waals surface area contributed by atoms with Gasteiger partial charge in [-0.1, -0.05) is 43.0 Å². The third-order valence-corrected chi connectivity index (χ3v) is 3.98. The molecule has 136 valence electrons. The average molecular weight is 359 g/mol. The van der Waals surface area contributed by atoms with Crippen molar-refractivity contribution in [2.75, 3.05) is 6.54 Å². The highest BCUT2D eigenvalue weighted by atomic mass is 16.3. The van der Waals surface area contributed by atoms with E-state index in [0.717, 1.165) is 22.4 Å². The van der Waals surface area contributed by atoms with Crippen molar-refractivity contribution in [2.24, 2.45) is 5.10 Å². The fourth-order valence-electron chi connectivity index (χ4n) is 2.49. The number of benzene rings is 2. The molecule has 0 fully saturated rings. The predicted octanol–water partition coefficient (Wildman–Crippen LogP) is 4.09. The number of carbonyl (C=O) groups is 1. The van der Waals surface area contributed by atoms with Crippen LogP contribution in [0.5, 0.6) is 0 Å². The van der Waals surface area contributed by atoms with Gasteiger partial charge in [0.25, 0.3) is 5.91 Å². The first kappa shape index (κ1) is 18.2. The van der Waals surface area contributed by atoms with Gasteiger partial charge in [0.05, 0.1) is 18.5 Å². The summed E-state index contributed by atoms with van der Waals surface area (Å²) in [5, 5.41) is 9.41. The smallest absolute Gasteiger partial charge is 0.259 e. The van der Waals surface area contributed by atoms with Gasteiger partial charge >= 0.3 is 0 Å². The van der Waals surface area contributed by atoms with Crippen molar-refractivity contribution >= 4 is 28.5 Å². The molecule has 0 saturated heterocycles. The summed E-state index contributed by atoms with van der Waals surface area (Å²) in [6.07, 6.45) is 5.12. The molecule has 2 aromatic carbocycles. The zero-order valence-corrected chi connectivity index (χ0v) is 15.1. The van der Waals surface area contributed by atoms with Gasteiger partial charge in [-0.3, -0.25) is 4.79 Å². The van der Waals surface area contributed by atoms with E-state index in [1.165, 1.54) is 5.39 Å². The summed E-state index contributed by atoms with van der Waals surface area (Å²) in [4.78, 5) is 12.0. The molecule has 0 atom stereocenters. The van der Waals surface area contributed by atoms with Gasteiger partial charge in [0.2, 0.25) is 0 Å². The number of nitrogens with zero attached hydrogens (tertiary/aromatic N) is 1. The molecule has 1 heterocycles. The number of amides is 1. The van der Waals surface area contributed by atoms with Crippen LogP contribution in [0.2, 0.25) is 0 Å². The molecule has 0 saturated carbocycles. The molecule has 0 unspecified atom stereocenters. The molecule has 5 heteroatoms. The van der Waals surface area contributed by atoms with E-state index in [1.807, 2.05) is 37.3 Å². The monoisotopic (exact) mass is 359 g/mol. The van der Waals surface area contributed by atoms with E-state index in [-0.39, 0.29) is 12.5 Å².